The smallest absolute Gasteiger partial charge is 0.417 e. The molecule has 0 atom stereocenters. The van der Waals surface area contributed by atoms with Crippen LogP contribution in [0.25, 0.3) is 16.8 Å². The fraction of sp³-hybridized carbons (Fsp3) is 0.143. The third-order valence-corrected chi connectivity index (χ3v) is 3.35. The number of anilines is 1. The van der Waals surface area contributed by atoms with Gasteiger partial charge in [-0.05, 0) is 24.3 Å². The minimum absolute atomic E-state index is 0.0244. The van der Waals surface area contributed by atoms with Crippen LogP contribution in [0, 0.1) is 5.82 Å². The Labute approximate surface area is 127 Å². The van der Waals surface area contributed by atoms with Gasteiger partial charge in [-0.25, -0.2) is 4.39 Å². The molecule has 2 aromatic heterocycles. The summed E-state index contributed by atoms with van der Waals surface area (Å²) in [6.07, 6.45) is -3.40. The fourth-order valence-corrected chi connectivity index (χ4v) is 2.30. The maximum absolute atomic E-state index is 14.0. The Hall–Kier alpha value is -2.84. The summed E-state index contributed by atoms with van der Waals surface area (Å²) >= 11 is 0. The van der Waals surface area contributed by atoms with Gasteiger partial charge in [0.15, 0.2) is 5.82 Å². The molecule has 0 aliphatic rings. The number of halogens is 4. The summed E-state index contributed by atoms with van der Waals surface area (Å²) in [6.45, 7) is 0. The predicted octanol–water partition coefficient (Wildman–Crippen LogP) is 3.15. The Balaban J connectivity index is 2.36. The van der Waals surface area contributed by atoms with Crippen LogP contribution in [0.2, 0.25) is 0 Å². The second kappa shape index (κ2) is 5.11. The van der Waals surface area contributed by atoms with E-state index >= 15 is 0 Å². The normalized spacial score (nSPS) is 11.9. The van der Waals surface area contributed by atoms with Crippen molar-refractivity contribution in [3.63, 3.8) is 0 Å². The Bertz CT molecular complexity index is 888. The number of hydrogen-bond acceptors (Lipinski definition) is 4. The molecule has 2 heterocycles. The molecule has 0 saturated carbocycles. The maximum atomic E-state index is 14.0. The molecule has 0 spiro atoms. The topological polar surface area (TPSA) is 65.4 Å². The lowest BCUT2D eigenvalue weighted by Gasteiger charge is -2.14. The van der Waals surface area contributed by atoms with Crippen LogP contribution in [0.1, 0.15) is 5.56 Å². The highest BCUT2D eigenvalue weighted by Gasteiger charge is 2.35. The number of methoxy groups -OCH3 is 1. The van der Waals surface area contributed by atoms with Gasteiger partial charge in [-0.15, -0.1) is 10.2 Å². The summed E-state index contributed by atoms with van der Waals surface area (Å²) in [6, 6.07) is 4.40. The minimum atomic E-state index is -4.67. The zero-order valence-corrected chi connectivity index (χ0v) is 11.7. The summed E-state index contributed by atoms with van der Waals surface area (Å²) in [5.74, 6) is -0.850. The number of aromatic nitrogens is 3. The number of ether oxygens (including phenoxy) is 1. The van der Waals surface area contributed by atoms with E-state index < -0.39 is 17.6 Å². The number of rotatable bonds is 2. The van der Waals surface area contributed by atoms with E-state index in [-0.39, 0.29) is 28.5 Å². The van der Waals surface area contributed by atoms with E-state index in [1.165, 1.54) is 19.4 Å². The van der Waals surface area contributed by atoms with E-state index in [1.807, 2.05) is 0 Å². The first kappa shape index (κ1) is 15.1. The zero-order chi connectivity index (χ0) is 16.8. The minimum Gasteiger partial charge on any atom is -0.497 e. The van der Waals surface area contributed by atoms with E-state index in [0.29, 0.717) is 0 Å². The lowest BCUT2D eigenvalue weighted by Crippen LogP contribution is -2.10. The van der Waals surface area contributed by atoms with Crippen molar-refractivity contribution in [2.24, 2.45) is 0 Å². The molecule has 2 N–H and O–H groups in total. The van der Waals surface area contributed by atoms with Gasteiger partial charge in [-0.2, -0.15) is 13.2 Å². The first-order valence-corrected chi connectivity index (χ1v) is 6.37. The van der Waals surface area contributed by atoms with Crippen molar-refractivity contribution >= 4 is 11.5 Å². The van der Waals surface area contributed by atoms with Crippen molar-refractivity contribution in [2.75, 3.05) is 12.8 Å². The Morgan fingerprint density at radius 3 is 2.57 bits per heavy atom. The van der Waals surface area contributed by atoms with Gasteiger partial charge in [0.25, 0.3) is 0 Å². The quantitative estimate of drug-likeness (QED) is 0.735. The van der Waals surface area contributed by atoms with Crippen molar-refractivity contribution in [1.82, 2.24) is 14.6 Å². The highest BCUT2D eigenvalue weighted by molar-refractivity contribution is 5.80. The number of fused-ring (bicyclic) bond motifs is 1. The largest absolute Gasteiger partial charge is 0.497 e. The van der Waals surface area contributed by atoms with Crippen LogP contribution >= 0.6 is 0 Å². The highest BCUT2D eigenvalue weighted by atomic mass is 19.4. The van der Waals surface area contributed by atoms with Crippen molar-refractivity contribution in [2.45, 2.75) is 6.18 Å². The average Bonchev–Trinajstić information content (AvgIpc) is 2.90. The maximum Gasteiger partial charge on any atom is 0.417 e. The first-order valence-electron chi connectivity index (χ1n) is 6.37. The molecule has 0 unspecified atom stereocenters. The van der Waals surface area contributed by atoms with E-state index in [2.05, 4.69) is 10.2 Å². The number of nitrogen functional groups attached to an aromatic ring is 1. The molecule has 3 rings (SSSR count). The highest BCUT2D eigenvalue weighted by Crippen LogP contribution is 2.40. The predicted molar refractivity (Wildman–Crippen MR) is 74.3 cm³/mol. The summed E-state index contributed by atoms with van der Waals surface area (Å²) in [5.41, 5.74) is 3.83. The van der Waals surface area contributed by atoms with Crippen LogP contribution < -0.4 is 10.5 Å². The number of nitrogens with two attached hydrogens (primary N) is 1. The van der Waals surface area contributed by atoms with Crippen molar-refractivity contribution in [3.8, 4) is 17.0 Å². The summed E-state index contributed by atoms with van der Waals surface area (Å²) in [4.78, 5) is 0. The standard InChI is InChI=1S/C14H10F4N4O/c1-23-7-2-3-8(9(6-7)14(16,17)18)11-12-10(15)4-5-22(12)13(19)21-20-11/h2-6H,1H3,(H2,19,21). The van der Waals surface area contributed by atoms with Crippen LogP contribution in [0.4, 0.5) is 23.5 Å². The third-order valence-electron chi connectivity index (χ3n) is 3.35. The van der Waals surface area contributed by atoms with Gasteiger partial charge in [-0.1, -0.05) is 0 Å². The molecule has 5 nitrogen and oxygen atoms in total. The molecule has 0 radical (unpaired) electrons. The van der Waals surface area contributed by atoms with Gasteiger partial charge < -0.3 is 10.5 Å². The van der Waals surface area contributed by atoms with Crippen LogP contribution in [0.15, 0.2) is 30.5 Å². The monoisotopic (exact) mass is 326 g/mol. The Morgan fingerprint density at radius 2 is 1.91 bits per heavy atom. The molecule has 0 aliphatic heterocycles. The van der Waals surface area contributed by atoms with Crippen molar-refractivity contribution in [3.05, 3.63) is 41.8 Å². The molecule has 0 saturated heterocycles. The van der Waals surface area contributed by atoms with Crippen LogP contribution in [-0.4, -0.2) is 21.7 Å². The molecule has 120 valence electrons. The molecule has 0 amide bonds. The van der Waals surface area contributed by atoms with E-state index in [1.54, 1.807) is 0 Å². The third kappa shape index (κ3) is 2.43. The molecule has 23 heavy (non-hydrogen) atoms. The van der Waals surface area contributed by atoms with Crippen molar-refractivity contribution < 1.29 is 22.3 Å². The molecule has 0 aliphatic carbocycles. The SMILES string of the molecule is COc1ccc(-c2nnc(N)n3ccc(F)c23)c(C(F)(F)F)c1. The van der Waals surface area contributed by atoms with Gasteiger partial charge >= 0.3 is 6.18 Å². The molecule has 0 bridgehead atoms. The van der Waals surface area contributed by atoms with Gasteiger partial charge in [-0.3, -0.25) is 4.40 Å². The lowest BCUT2D eigenvalue weighted by atomic mass is 10.0. The van der Waals surface area contributed by atoms with Crippen LogP contribution in [-0.2, 0) is 6.18 Å². The first-order chi connectivity index (χ1) is 10.8. The second-order valence-corrected chi connectivity index (χ2v) is 4.70. The van der Waals surface area contributed by atoms with Gasteiger partial charge in [0.05, 0.1) is 12.7 Å². The molecular formula is C14H10F4N4O. The number of benzene rings is 1. The van der Waals surface area contributed by atoms with Crippen LogP contribution in [0.3, 0.4) is 0 Å². The van der Waals surface area contributed by atoms with Crippen LogP contribution in [0.5, 0.6) is 5.75 Å². The van der Waals surface area contributed by atoms with Gasteiger partial charge in [0, 0.05) is 11.8 Å². The van der Waals surface area contributed by atoms with Crippen molar-refractivity contribution in [1.29, 1.82) is 0 Å². The fourth-order valence-electron chi connectivity index (χ4n) is 2.30. The van der Waals surface area contributed by atoms with Gasteiger partial charge in [0.1, 0.15) is 17.0 Å². The van der Waals surface area contributed by atoms with Gasteiger partial charge in [0.2, 0.25) is 5.95 Å². The zero-order valence-electron chi connectivity index (χ0n) is 11.7. The second-order valence-electron chi connectivity index (χ2n) is 4.70. The van der Waals surface area contributed by atoms with E-state index in [9.17, 15) is 17.6 Å². The van der Waals surface area contributed by atoms with E-state index in [0.717, 1.165) is 22.6 Å². The summed E-state index contributed by atoms with van der Waals surface area (Å²) < 4.78 is 59.9. The number of nitrogens with zero attached hydrogens (tertiary/aromatic N) is 3. The lowest BCUT2D eigenvalue weighted by molar-refractivity contribution is -0.137. The Morgan fingerprint density at radius 1 is 1.17 bits per heavy atom. The molecule has 0 fully saturated rings. The Kier molecular flexibility index (Phi) is 3.35. The molecule has 9 heteroatoms. The average molecular weight is 326 g/mol. The summed E-state index contributed by atoms with van der Waals surface area (Å²) in [7, 11) is 1.25. The number of hydrogen-bond donors (Lipinski definition) is 1. The summed E-state index contributed by atoms with van der Waals surface area (Å²) in [5, 5.41) is 7.25. The van der Waals surface area contributed by atoms with E-state index in [4.69, 9.17) is 10.5 Å². The molecule has 3 aromatic rings. The number of alkyl halides is 3. The molecule has 1 aromatic carbocycles. The molecular weight excluding hydrogens is 316 g/mol.